The highest BCUT2D eigenvalue weighted by Crippen LogP contribution is 2.37. The molecule has 9 atom stereocenters. The van der Waals surface area contributed by atoms with Crippen molar-refractivity contribution in [1.29, 1.82) is 0 Å². The van der Waals surface area contributed by atoms with Crippen molar-refractivity contribution in [2.75, 3.05) is 66.3 Å². The Bertz CT molecular complexity index is 807. The van der Waals surface area contributed by atoms with Gasteiger partial charge in [0.2, 0.25) is 5.91 Å². The van der Waals surface area contributed by atoms with Crippen LogP contribution in [-0.4, -0.2) is 136 Å². The molecule has 4 aliphatic heterocycles. The molecule has 12 nitrogen and oxygen atoms in total. The summed E-state index contributed by atoms with van der Waals surface area (Å²) in [5, 5.41) is 27.7. The number of likely N-dealkylation sites (tertiary alicyclic amines) is 1. The number of hydrogen-bond donors (Lipinski definition) is 6. The van der Waals surface area contributed by atoms with E-state index in [1.165, 1.54) is 6.42 Å². The lowest BCUT2D eigenvalue weighted by Gasteiger charge is -2.44. The molecule has 230 valence electrons. The Morgan fingerprint density at radius 3 is 2.77 bits per heavy atom. The predicted molar refractivity (Wildman–Crippen MR) is 151 cm³/mol. The lowest BCUT2D eigenvalue weighted by Crippen LogP contribution is -2.71. The van der Waals surface area contributed by atoms with Crippen molar-refractivity contribution in [2.45, 2.75) is 94.8 Å². The average molecular weight is 568 g/mol. The summed E-state index contributed by atoms with van der Waals surface area (Å²) >= 11 is 0. The van der Waals surface area contributed by atoms with Crippen molar-refractivity contribution in [3.05, 3.63) is 0 Å². The summed E-state index contributed by atoms with van der Waals surface area (Å²) in [5.74, 6) is 1.30. The molecule has 1 amide bonds. The first-order chi connectivity index (χ1) is 19.4. The number of ether oxygens (including phenoxy) is 3. The third kappa shape index (κ3) is 8.12. The van der Waals surface area contributed by atoms with E-state index in [2.05, 4.69) is 50.2 Å². The molecular weight excluding hydrogens is 514 g/mol. The van der Waals surface area contributed by atoms with Crippen LogP contribution in [0.1, 0.15) is 46.0 Å². The van der Waals surface area contributed by atoms with Crippen LogP contribution in [0.25, 0.3) is 0 Å². The number of hydrogen-bond acceptors (Lipinski definition) is 11. The molecule has 40 heavy (non-hydrogen) atoms. The molecule has 12 heteroatoms. The van der Waals surface area contributed by atoms with Gasteiger partial charge in [0, 0.05) is 32.1 Å². The van der Waals surface area contributed by atoms with Crippen LogP contribution in [0.4, 0.5) is 0 Å². The fraction of sp³-hybridized carbons (Fsp3) is 0.964. The van der Waals surface area contributed by atoms with Gasteiger partial charge in [-0.25, -0.2) is 0 Å². The van der Waals surface area contributed by atoms with Crippen molar-refractivity contribution >= 4 is 5.91 Å². The van der Waals surface area contributed by atoms with Crippen LogP contribution in [0, 0.1) is 11.8 Å². The summed E-state index contributed by atoms with van der Waals surface area (Å²) in [6, 6.07) is 0.347. The second-order valence-electron chi connectivity index (χ2n) is 12.6. The van der Waals surface area contributed by atoms with E-state index in [9.17, 15) is 9.90 Å². The van der Waals surface area contributed by atoms with Gasteiger partial charge < -0.3 is 29.5 Å². The quantitative estimate of drug-likeness (QED) is 0.170. The molecule has 5 fully saturated rings. The topological polar surface area (TPSA) is 132 Å². The molecule has 0 aromatic rings. The number of carbonyl (C=O) groups is 1. The van der Waals surface area contributed by atoms with Crippen LogP contribution in [0.3, 0.4) is 0 Å². The Morgan fingerprint density at radius 2 is 2.05 bits per heavy atom. The summed E-state index contributed by atoms with van der Waals surface area (Å²) in [4.78, 5) is 17.6. The summed E-state index contributed by atoms with van der Waals surface area (Å²) in [6.07, 6.45) is 5.02. The zero-order valence-corrected chi connectivity index (χ0v) is 24.6. The molecule has 0 radical (unpaired) electrons. The van der Waals surface area contributed by atoms with E-state index in [-0.39, 0.29) is 37.1 Å². The Morgan fingerprint density at radius 1 is 1.20 bits per heavy atom. The molecule has 5 rings (SSSR count). The Hall–Kier alpha value is -0.930. The molecule has 5 aliphatic rings. The van der Waals surface area contributed by atoms with Gasteiger partial charge in [-0.05, 0) is 64.6 Å². The molecule has 1 aliphatic carbocycles. The summed E-state index contributed by atoms with van der Waals surface area (Å²) in [6.45, 7) is 10.7. The van der Waals surface area contributed by atoms with Crippen molar-refractivity contribution in [1.82, 2.24) is 36.4 Å². The van der Waals surface area contributed by atoms with Gasteiger partial charge in [0.1, 0.15) is 6.29 Å². The maximum Gasteiger partial charge on any atom is 0.237 e. The molecule has 0 bridgehead atoms. The number of piperidine rings is 1. The number of nitrogens with one attached hydrogen (secondary N) is 5. The molecule has 6 N–H and O–H groups in total. The summed E-state index contributed by atoms with van der Waals surface area (Å²) in [5.41, 5.74) is 0. The first kappa shape index (κ1) is 30.5. The van der Waals surface area contributed by atoms with Gasteiger partial charge in [0.05, 0.1) is 63.1 Å². The van der Waals surface area contributed by atoms with Gasteiger partial charge in [-0.1, -0.05) is 6.92 Å². The van der Waals surface area contributed by atoms with Crippen molar-refractivity contribution < 1.29 is 24.1 Å². The second kappa shape index (κ2) is 14.5. The highest BCUT2D eigenvalue weighted by Gasteiger charge is 2.37. The number of carbonyl (C=O) groups excluding carboxylic acids is 1. The number of nitrogens with zero attached hydrogens (tertiary/aromatic N) is 2. The third-order valence-electron chi connectivity index (χ3n) is 9.66. The molecule has 0 spiro atoms. The lowest BCUT2D eigenvalue weighted by molar-refractivity contribution is -0.126. The first-order valence-electron chi connectivity index (χ1n) is 15.6. The van der Waals surface area contributed by atoms with Crippen molar-refractivity contribution in [3.63, 3.8) is 0 Å². The van der Waals surface area contributed by atoms with Gasteiger partial charge in [-0.15, -0.1) is 0 Å². The smallest absolute Gasteiger partial charge is 0.237 e. The Labute approximate surface area is 239 Å². The van der Waals surface area contributed by atoms with Gasteiger partial charge in [0.25, 0.3) is 0 Å². The van der Waals surface area contributed by atoms with Crippen LogP contribution in [0.2, 0.25) is 0 Å². The fourth-order valence-electron chi connectivity index (χ4n) is 6.81. The van der Waals surface area contributed by atoms with Gasteiger partial charge in [-0.3, -0.25) is 31.0 Å². The maximum absolute atomic E-state index is 13.1. The van der Waals surface area contributed by atoms with Crippen LogP contribution in [-0.2, 0) is 19.0 Å². The van der Waals surface area contributed by atoms with E-state index in [1.54, 1.807) is 0 Å². The Kier molecular flexibility index (Phi) is 11.1. The minimum Gasteiger partial charge on any atom is -0.390 e. The van der Waals surface area contributed by atoms with Gasteiger partial charge >= 0.3 is 0 Å². The van der Waals surface area contributed by atoms with E-state index < -0.39 is 6.10 Å². The van der Waals surface area contributed by atoms with Crippen LogP contribution in [0.5, 0.6) is 0 Å². The Balaban J connectivity index is 1.01. The highest BCUT2D eigenvalue weighted by atomic mass is 16.5. The van der Waals surface area contributed by atoms with E-state index in [0.717, 1.165) is 38.9 Å². The zero-order chi connectivity index (χ0) is 28.1. The largest absolute Gasteiger partial charge is 0.390 e. The number of fused-ring (bicyclic) bond motifs is 1. The number of amides is 1. The molecule has 0 aromatic heterocycles. The molecule has 4 saturated heterocycles. The number of β-amino-alcohol motifs (C(OH)–C–C–N with tert-alkyl or cyclic N) is 1. The molecule has 0 aromatic carbocycles. The summed E-state index contributed by atoms with van der Waals surface area (Å²) in [7, 11) is 2.03. The van der Waals surface area contributed by atoms with Crippen LogP contribution >= 0.6 is 0 Å². The zero-order valence-electron chi connectivity index (χ0n) is 24.6. The SMILES string of the molecule is CCN(C)C1NC(NC2COC2)CC(C(=O)NC[C@H](O)CN2CCC3CC(OCC4OCNC4C)CCC3C2)N1. The second-order valence-corrected chi connectivity index (χ2v) is 12.6. The highest BCUT2D eigenvalue weighted by molar-refractivity contribution is 5.82. The standard InChI is InChI=1S/C28H53N7O5/c1-4-34(3)28-32-24(10-26(33-28)31-21-14-38-15-21)27(37)29-11-22(36)13-35-8-7-19-9-23(6-5-20(19)12-35)39-16-25-18(2)30-17-40-25/h18-26,28,30-33,36H,4-17H2,1-3H3,(H,29,37)/t18?,19?,20?,22-,23?,24?,25?,26?,28?/m0/s1. The average Bonchev–Trinajstić information content (AvgIpc) is 3.36. The lowest BCUT2D eigenvalue weighted by atomic mass is 9.74. The number of aliphatic hydroxyl groups is 1. The van der Waals surface area contributed by atoms with Crippen LogP contribution < -0.4 is 26.6 Å². The first-order valence-corrected chi connectivity index (χ1v) is 15.6. The number of aliphatic hydroxyl groups excluding tert-OH is 1. The monoisotopic (exact) mass is 567 g/mol. The molecular formula is C28H53N7O5. The molecule has 8 unspecified atom stereocenters. The maximum atomic E-state index is 13.1. The van der Waals surface area contributed by atoms with Gasteiger partial charge in [-0.2, -0.15) is 0 Å². The summed E-state index contributed by atoms with van der Waals surface area (Å²) < 4.78 is 17.3. The number of rotatable bonds is 12. The van der Waals surface area contributed by atoms with E-state index in [1.807, 2.05) is 7.05 Å². The van der Waals surface area contributed by atoms with E-state index in [4.69, 9.17) is 14.2 Å². The molecule has 4 heterocycles. The van der Waals surface area contributed by atoms with Crippen molar-refractivity contribution in [3.8, 4) is 0 Å². The normalized spacial score (nSPS) is 38.1. The van der Waals surface area contributed by atoms with Crippen molar-refractivity contribution in [2.24, 2.45) is 11.8 Å². The van der Waals surface area contributed by atoms with Gasteiger partial charge in [0.15, 0.2) is 0 Å². The van der Waals surface area contributed by atoms with E-state index >= 15 is 0 Å². The van der Waals surface area contributed by atoms with E-state index in [0.29, 0.717) is 69.5 Å². The molecule has 1 saturated carbocycles. The minimum absolute atomic E-state index is 0.0215. The fourth-order valence-corrected chi connectivity index (χ4v) is 6.81. The third-order valence-corrected chi connectivity index (χ3v) is 9.66. The van der Waals surface area contributed by atoms with Crippen LogP contribution in [0.15, 0.2) is 0 Å². The predicted octanol–water partition coefficient (Wildman–Crippen LogP) is -1.19. The minimum atomic E-state index is -0.584.